The molecule has 0 saturated heterocycles. The Morgan fingerprint density at radius 1 is 1.33 bits per heavy atom. The monoisotopic (exact) mass is 268 g/mol. The first-order valence-corrected chi connectivity index (χ1v) is 5.29. The summed E-state index contributed by atoms with van der Waals surface area (Å²) in [5, 5.41) is 12.4. The maximum absolute atomic E-state index is 12.6. The van der Waals surface area contributed by atoms with Crippen molar-refractivity contribution in [2.24, 2.45) is 5.41 Å². The maximum Gasteiger partial charge on any atom is 0.422 e. The fraction of sp³-hybridized carbons (Fsp3) is 0.800. The third-order valence-corrected chi connectivity index (χ3v) is 3.18. The van der Waals surface area contributed by atoms with Gasteiger partial charge in [0.2, 0.25) is 5.54 Å². The molecule has 0 aromatic rings. The summed E-state index contributed by atoms with van der Waals surface area (Å²) >= 11 is 0. The van der Waals surface area contributed by atoms with Crippen LogP contribution in [0.2, 0.25) is 0 Å². The summed E-state index contributed by atoms with van der Waals surface area (Å²) in [6, 6.07) is -1.36. The van der Waals surface area contributed by atoms with E-state index in [-0.39, 0.29) is 11.5 Å². The van der Waals surface area contributed by atoms with Crippen LogP contribution in [0.1, 0.15) is 27.2 Å². The van der Waals surface area contributed by atoms with Crippen molar-refractivity contribution in [1.82, 2.24) is 10.6 Å². The minimum Gasteiger partial charge on any atom is -0.479 e. The zero-order valence-corrected chi connectivity index (χ0v) is 10.2. The highest BCUT2D eigenvalue weighted by molar-refractivity contribution is 5.87. The van der Waals surface area contributed by atoms with E-state index >= 15 is 0 Å². The molecule has 0 bridgehead atoms. The van der Waals surface area contributed by atoms with Crippen LogP contribution in [0.25, 0.3) is 0 Å². The van der Waals surface area contributed by atoms with Crippen molar-refractivity contribution in [2.45, 2.75) is 44.9 Å². The smallest absolute Gasteiger partial charge is 0.422 e. The Balaban J connectivity index is 2.69. The van der Waals surface area contributed by atoms with Gasteiger partial charge in [-0.2, -0.15) is 13.2 Å². The van der Waals surface area contributed by atoms with E-state index in [9.17, 15) is 22.8 Å². The van der Waals surface area contributed by atoms with Crippen LogP contribution in [0, 0.1) is 5.41 Å². The van der Waals surface area contributed by atoms with Gasteiger partial charge in [-0.25, -0.2) is 9.59 Å². The van der Waals surface area contributed by atoms with Crippen molar-refractivity contribution >= 4 is 12.0 Å². The molecule has 0 heterocycles. The minimum absolute atomic E-state index is 0.158. The zero-order chi connectivity index (χ0) is 14.4. The lowest BCUT2D eigenvalue weighted by atomic mass is 10.0. The SMILES string of the molecule is CC1(C)CC1NC(=O)NC(C)(C(=O)O)C(F)(F)F. The van der Waals surface area contributed by atoms with Gasteiger partial charge in [0.25, 0.3) is 0 Å². The van der Waals surface area contributed by atoms with Gasteiger partial charge in [0.15, 0.2) is 0 Å². The summed E-state index contributed by atoms with van der Waals surface area (Å²) in [6.45, 7) is 4.10. The van der Waals surface area contributed by atoms with Crippen molar-refractivity contribution in [3.05, 3.63) is 0 Å². The number of urea groups is 1. The first kappa shape index (κ1) is 14.6. The lowest BCUT2D eigenvalue weighted by Crippen LogP contribution is -2.63. The van der Waals surface area contributed by atoms with E-state index in [1.807, 2.05) is 13.8 Å². The molecule has 2 amide bonds. The first-order chi connectivity index (χ1) is 7.90. The van der Waals surface area contributed by atoms with Gasteiger partial charge in [0.05, 0.1) is 0 Å². The number of hydrogen-bond acceptors (Lipinski definition) is 2. The number of carboxylic acids is 1. The molecule has 1 fully saturated rings. The molecule has 104 valence electrons. The number of carbonyl (C=O) groups excluding carboxylic acids is 1. The molecule has 5 nitrogen and oxygen atoms in total. The lowest BCUT2D eigenvalue weighted by Gasteiger charge is -2.28. The summed E-state index contributed by atoms with van der Waals surface area (Å²) in [6.07, 6.45) is -4.43. The fourth-order valence-electron chi connectivity index (χ4n) is 1.38. The van der Waals surface area contributed by atoms with Crippen LogP contribution in [0.15, 0.2) is 0 Å². The van der Waals surface area contributed by atoms with E-state index < -0.39 is 23.7 Å². The summed E-state index contributed by atoms with van der Waals surface area (Å²) in [5.74, 6) is -2.15. The molecule has 2 unspecified atom stereocenters. The van der Waals surface area contributed by atoms with Crippen molar-refractivity contribution in [1.29, 1.82) is 0 Å². The molecule has 3 N–H and O–H groups in total. The van der Waals surface area contributed by atoms with Gasteiger partial charge in [-0.15, -0.1) is 0 Å². The largest absolute Gasteiger partial charge is 0.479 e. The number of hydrogen-bond donors (Lipinski definition) is 3. The second-order valence-corrected chi connectivity index (χ2v) is 5.27. The van der Waals surface area contributed by atoms with Gasteiger partial charge in [-0.1, -0.05) is 13.8 Å². The average molecular weight is 268 g/mol. The lowest BCUT2D eigenvalue weighted by molar-refractivity contribution is -0.203. The van der Waals surface area contributed by atoms with Crippen molar-refractivity contribution in [3.63, 3.8) is 0 Å². The average Bonchev–Trinajstić information content (AvgIpc) is 2.70. The zero-order valence-electron chi connectivity index (χ0n) is 10.2. The predicted molar refractivity (Wildman–Crippen MR) is 55.9 cm³/mol. The molecule has 0 aromatic carbocycles. The van der Waals surface area contributed by atoms with E-state index in [0.717, 1.165) is 0 Å². The Morgan fingerprint density at radius 2 is 1.78 bits per heavy atom. The van der Waals surface area contributed by atoms with Gasteiger partial charge in [0, 0.05) is 6.04 Å². The van der Waals surface area contributed by atoms with Crippen molar-refractivity contribution in [2.75, 3.05) is 0 Å². The van der Waals surface area contributed by atoms with Crippen molar-refractivity contribution < 1.29 is 27.9 Å². The number of aliphatic carboxylic acids is 1. The number of rotatable bonds is 3. The number of amides is 2. The number of carbonyl (C=O) groups is 2. The Labute approximate surface area is 102 Å². The molecule has 1 aliphatic rings. The van der Waals surface area contributed by atoms with Gasteiger partial charge in [-0.3, -0.25) is 0 Å². The van der Waals surface area contributed by atoms with Crippen LogP contribution >= 0.6 is 0 Å². The Hall–Kier alpha value is -1.47. The highest BCUT2D eigenvalue weighted by Crippen LogP contribution is 2.44. The molecular weight excluding hydrogens is 253 g/mol. The van der Waals surface area contributed by atoms with Crippen LogP contribution in [0.4, 0.5) is 18.0 Å². The molecule has 1 rings (SSSR count). The van der Waals surface area contributed by atoms with E-state index in [1.165, 1.54) is 5.32 Å². The van der Waals surface area contributed by atoms with Crippen LogP contribution in [0.5, 0.6) is 0 Å². The molecule has 0 aliphatic heterocycles. The molecule has 1 saturated carbocycles. The molecule has 0 spiro atoms. The molecule has 1 aliphatic carbocycles. The summed E-state index contributed by atoms with van der Waals surface area (Å²) in [4.78, 5) is 22.0. The minimum atomic E-state index is -5.07. The third-order valence-electron chi connectivity index (χ3n) is 3.18. The molecule has 0 aromatic heterocycles. The van der Waals surface area contributed by atoms with E-state index in [1.54, 1.807) is 0 Å². The predicted octanol–water partition coefficient (Wildman–Crippen LogP) is 1.49. The number of carboxylic acid groups (broad SMARTS) is 1. The van der Waals surface area contributed by atoms with Crippen molar-refractivity contribution in [3.8, 4) is 0 Å². The second kappa shape index (κ2) is 4.03. The first-order valence-electron chi connectivity index (χ1n) is 5.29. The summed E-state index contributed by atoms with van der Waals surface area (Å²) in [7, 11) is 0. The van der Waals surface area contributed by atoms with Crippen LogP contribution in [-0.4, -0.2) is 34.9 Å². The summed E-state index contributed by atoms with van der Waals surface area (Å²) in [5.41, 5.74) is -3.45. The molecule has 2 atom stereocenters. The topological polar surface area (TPSA) is 78.4 Å². The van der Waals surface area contributed by atoms with Crippen LogP contribution in [0.3, 0.4) is 0 Å². The quantitative estimate of drug-likeness (QED) is 0.725. The van der Waals surface area contributed by atoms with Crippen LogP contribution in [-0.2, 0) is 4.79 Å². The number of nitrogens with one attached hydrogen (secondary N) is 2. The number of alkyl halides is 3. The Kier molecular flexibility index (Phi) is 3.27. The van der Waals surface area contributed by atoms with E-state index in [0.29, 0.717) is 13.3 Å². The molecule has 18 heavy (non-hydrogen) atoms. The van der Waals surface area contributed by atoms with Gasteiger partial charge >= 0.3 is 18.2 Å². The second-order valence-electron chi connectivity index (χ2n) is 5.27. The normalized spacial score (nSPS) is 24.9. The highest BCUT2D eigenvalue weighted by atomic mass is 19.4. The van der Waals surface area contributed by atoms with E-state index in [4.69, 9.17) is 5.11 Å². The van der Waals surface area contributed by atoms with Crippen LogP contribution < -0.4 is 10.6 Å². The third kappa shape index (κ3) is 2.68. The van der Waals surface area contributed by atoms with Gasteiger partial charge in [0.1, 0.15) is 0 Å². The highest BCUT2D eigenvalue weighted by Gasteiger charge is 2.59. The van der Waals surface area contributed by atoms with Gasteiger partial charge in [-0.05, 0) is 18.8 Å². The summed E-state index contributed by atoms with van der Waals surface area (Å²) < 4.78 is 37.8. The molecular formula is C10H15F3N2O3. The van der Waals surface area contributed by atoms with Gasteiger partial charge < -0.3 is 15.7 Å². The standard InChI is InChI=1S/C10H15F3N2O3/c1-8(2)4-5(8)14-7(18)15-9(3,6(16)17)10(11,12)13/h5H,4H2,1-3H3,(H,16,17)(H2,14,15,18). The maximum atomic E-state index is 12.6. The number of halogens is 3. The molecule has 0 radical (unpaired) electrons. The molecule has 8 heteroatoms. The Morgan fingerprint density at radius 3 is 2.06 bits per heavy atom. The Bertz CT molecular complexity index is 381. The van der Waals surface area contributed by atoms with E-state index in [2.05, 4.69) is 5.32 Å². The fourth-order valence-corrected chi connectivity index (χ4v) is 1.38.